The van der Waals surface area contributed by atoms with Crippen molar-refractivity contribution in [2.24, 2.45) is 4.99 Å². The number of methoxy groups -OCH3 is 1. The molecule has 0 unspecified atom stereocenters. The number of hydrogen-bond acceptors (Lipinski definition) is 6. The molecule has 2 aromatic carbocycles. The molecule has 1 amide bonds. The van der Waals surface area contributed by atoms with Crippen LogP contribution in [0.15, 0.2) is 53.2 Å². The molecule has 7 nitrogen and oxygen atoms in total. The van der Waals surface area contributed by atoms with Crippen LogP contribution in [0.2, 0.25) is 0 Å². The van der Waals surface area contributed by atoms with Gasteiger partial charge in [0.1, 0.15) is 6.61 Å². The molecule has 1 aliphatic heterocycles. The molecule has 1 aliphatic rings. The molecule has 0 radical (unpaired) electrons. The van der Waals surface area contributed by atoms with Gasteiger partial charge in [0.25, 0.3) is 0 Å². The lowest BCUT2D eigenvalue weighted by Crippen LogP contribution is -2.07. The van der Waals surface area contributed by atoms with Crippen LogP contribution < -0.4 is 14.8 Å². The van der Waals surface area contributed by atoms with E-state index in [1.807, 2.05) is 0 Å². The van der Waals surface area contributed by atoms with E-state index in [0.29, 0.717) is 28.3 Å². The number of carbonyl (C=O) groups is 2. The molecule has 0 saturated heterocycles. The molecule has 0 saturated carbocycles. The van der Waals surface area contributed by atoms with Gasteiger partial charge in [-0.25, -0.2) is 9.79 Å². The predicted octanol–water partition coefficient (Wildman–Crippen LogP) is 3.01. The molecule has 1 heterocycles. The smallest absolute Gasteiger partial charge is 0.363 e. The van der Waals surface area contributed by atoms with Crippen LogP contribution in [0, 0.1) is 12.3 Å². The Morgan fingerprint density at radius 1 is 1.24 bits per heavy atom. The Hall–Kier alpha value is -4.05. The van der Waals surface area contributed by atoms with Gasteiger partial charge >= 0.3 is 5.97 Å². The Bertz CT molecular complexity index is 1050. The number of nitrogens with zero attached hydrogens (tertiary/aromatic N) is 1. The zero-order chi connectivity index (χ0) is 20.8. The van der Waals surface area contributed by atoms with Crippen molar-refractivity contribution in [3.05, 3.63) is 59.3 Å². The van der Waals surface area contributed by atoms with Gasteiger partial charge in [-0.05, 0) is 48.0 Å². The third-order valence-corrected chi connectivity index (χ3v) is 3.87. The summed E-state index contributed by atoms with van der Waals surface area (Å²) in [6.07, 6.45) is 6.79. The number of terminal acetylenes is 1. The summed E-state index contributed by atoms with van der Waals surface area (Å²) in [5.41, 5.74) is 2.10. The van der Waals surface area contributed by atoms with E-state index in [1.54, 1.807) is 48.5 Å². The lowest BCUT2D eigenvalue weighted by Gasteiger charge is -2.09. The van der Waals surface area contributed by atoms with Crippen LogP contribution in [0.1, 0.15) is 18.1 Å². The number of benzene rings is 2. The average Bonchev–Trinajstić information content (AvgIpc) is 3.07. The molecular formula is C22H18N2O5. The van der Waals surface area contributed by atoms with Crippen molar-refractivity contribution in [1.82, 2.24) is 0 Å². The average molecular weight is 390 g/mol. The summed E-state index contributed by atoms with van der Waals surface area (Å²) in [4.78, 5) is 27.6. The first kappa shape index (κ1) is 19.7. The van der Waals surface area contributed by atoms with Gasteiger partial charge in [-0.1, -0.05) is 12.0 Å². The third-order valence-electron chi connectivity index (χ3n) is 3.87. The number of cyclic esters (lactones) is 1. The van der Waals surface area contributed by atoms with E-state index < -0.39 is 5.97 Å². The number of rotatable bonds is 6. The Labute approximate surface area is 168 Å². The summed E-state index contributed by atoms with van der Waals surface area (Å²) in [6, 6.07) is 12.0. The van der Waals surface area contributed by atoms with Gasteiger partial charge in [-0.3, -0.25) is 4.79 Å². The Kier molecular flexibility index (Phi) is 5.95. The lowest BCUT2D eigenvalue weighted by molar-refractivity contribution is -0.129. The lowest BCUT2D eigenvalue weighted by atomic mass is 10.1. The van der Waals surface area contributed by atoms with Gasteiger partial charge in [-0.15, -0.1) is 6.42 Å². The van der Waals surface area contributed by atoms with E-state index in [9.17, 15) is 9.59 Å². The zero-order valence-corrected chi connectivity index (χ0v) is 15.9. The van der Waals surface area contributed by atoms with E-state index in [2.05, 4.69) is 16.2 Å². The van der Waals surface area contributed by atoms with Crippen LogP contribution in [0.3, 0.4) is 0 Å². The molecule has 146 valence electrons. The predicted molar refractivity (Wildman–Crippen MR) is 109 cm³/mol. The monoisotopic (exact) mass is 390 g/mol. The molecule has 0 bridgehead atoms. The van der Waals surface area contributed by atoms with Crippen molar-refractivity contribution in [2.75, 3.05) is 19.0 Å². The summed E-state index contributed by atoms with van der Waals surface area (Å²) in [7, 11) is 1.51. The Morgan fingerprint density at radius 3 is 2.66 bits per heavy atom. The second-order valence-electron chi connectivity index (χ2n) is 6.00. The maximum absolute atomic E-state index is 12.2. The molecule has 0 spiro atoms. The second kappa shape index (κ2) is 8.76. The Morgan fingerprint density at radius 2 is 2.00 bits per heavy atom. The number of nitrogens with one attached hydrogen (secondary N) is 1. The standard InChI is InChI=1S/C22H18N2O5/c1-4-11-28-19-10-5-15(13-20(19)27-3)12-18-22(26)29-21(24-18)16-6-8-17(9-7-16)23-14(2)25/h1,5-10,12-13H,11H2,2-3H3,(H,23,25). The van der Waals surface area contributed by atoms with Crippen molar-refractivity contribution in [2.45, 2.75) is 6.92 Å². The number of carbonyl (C=O) groups excluding carboxylic acids is 2. The number of ether oxygens (including phenoxy) is 3. The van der Waals surface area contributed by atoms with Crippen molar-refractivity contribution in [3.63, 3.8) is 0 Å². The van der Waals surface area contributed by atoms with Gasteiger partial charge < -0.3 is 19.5 Å². The van der Waals surface area contributed by atoms with Gasteiger partial charge in [-0.2, -0.15) is 0 Å². The highest BCUT2D eigenvalue weighted by Gasteiger charge is 2.24. The van der Waals surface area contributed by atoms with Gasteiger partial charge in [0.05, 0.1) is 7.11 Å². The van der Waals surface area contributed by atoms with Crippen molar-refractivity contribution < 1.29 is 23.8 Å². The van der Waals surface area contributed by atoms with E-state index in [0.717, 1.165) is 0 Å². The van der Waals surface area contributed by atoms with Crippen LogP contribution in [0.5, 0.6) is 11.5 Å². The molecule has 0 atom stereocenters. The van der Waals surface area contributed by atoms with Gasteiger partial charge in [0.2, 0.25) is 11.8 Å². The molecule has 1 N–H and O–H groups in total. The molecule has 7 heteroatoms. The summed E-state index contributed by atoms with van der Waals surface area (Å²) in [5.74, 6) is 2.85. The first-order chi connectivity index (χ1) is 14.0. The third kappa shape index (κ3) is 4.82. The number of anilines is 1. The highest BCUT2D eigenvalue weighted by Crippen LogP contribution is 2.29. The van der Waals surface area contributed by atoms with Crippen LogP contribution in [0.25, 0.3) is 6.08 Å². The van der Waals surface area contributed by atoms with Crippen molar-refractivity contribution in [3.8, 4) is 23.8 Å². The van der Waals surface area contributed by atoms with Crippen molar-refractivity contribution in [1.29, 1.82) is 0 Å². The first-order valence-electron chi connectivity index (χ1n) is 8.65. The SMILES string of the molecule is C#CCOc1ccc(C=C2N=C(c3ccc(NC(C)=O)cc3)OC2=O)cc1OC. The normalized spacial score (nSPS) is 14.0. The number of esters is 1. The number of amides is 1. The molecule has 0 aromatic heterocycles. The largest absolute Gasteiger partial charge is 0.493 e. The number of aliphatic imine (C=N–C) groups is 1. The summed E-state index contributed by atoms with van der Waals surface area (Å²) in [6.45, 7) is 1.55. The zero-order valence-electron chi connectivity index (χ0n) is 15.9. The Balaban J connectivity index is 1.83. The van der Waals surface area contributed by atoms with E-state index in [1.165, 1.54) is 14.0 Å². The fraction of sp³-hybridized carbons (Fsp3) is 0.136. The minimum atomic E-state index is -0.558. The second-order valence-corrected chi connectivity index (χ2v) is 6.00. The maximum Gasteiger partial charge on any atom is 0.363 e. The summed E-state index contributed by atoms with van der Waals surface area (Å²) >= 11 is 0. The van der Waals surface area contributed by atoms with Crippen molar-refractivity contribution >= 4 is 29.5 Å². The molecule has 0 aliphatic carbocycles. The molecule has 0 fully saturated rings. The fourth-order valence-corrected chi connectivity index (χ4v) is 2.60. The minimum absolute atomic E-state index is 0.123. The van der Waals surface area contributed by atoms with Gasteiger partial charge in [0.15, 0.2) is 17.2 Å². The molecular weight excluding hydrogens is 372 g/mol. The van der Waals surface area contributed by atoms with E-state index >= 15 is 0 Å². The topological polar surface area (TPSA) is 86.2 Å². The molecule has 2 aromatic rings. The number of hydrogen-bond donors (Lipinski definition) is 1. The van der Waals surface area contributed by atoms with Crippen LogP contribution in [0.4, 0.5) is 5.69 Å². The highest BCUT2D eigenvalue weighted by molar-refractivity contribution is 6.13. The van der Waals surface area contributed by atoms with Crippen LogP contribution >= 0.6 is 0 Å². The van der Waals surface area contributed by atoms with E-state index in [4.69, 9.17) is 20.6 Å². The molecule has 3 rings (SSSR count). The van der Waals surface area contributed by atoms with Crippen LogP contribution in [-0.2, 0) is 14.3 Å². The fourth-order valence-electron chi connectivity index (χ4n) is 2.60. The highest BCUT2D eigenvalue weighted by atomic mass is 16.6. The first-order valence-corrected chi connectivity index (χ1v) is 8.65. The minimum Gasteiger partial charge on any atom is -0.493 e. The summed E-state index contributed by atoms with van der Waals surface area (Å²) in [5, 5.41) is 2.67. The quantitative estimate of drug-likeness (QED) is 0.466. The molecule has 29 heavy (non-hydrogen) atoms. The summed E-state index contributed by atoms with van der Waals surface area (Å²) < 4.78 is 16.0. The van der Waals surface area contributed by atoms with E-state index in [-0.39, 0.29) is 24.1 Å². The maximum atomic E-state index is 12.2. The van der Waals surface area contributed by atoms with Gasteiger partial charge in [0, 0.05) is 18.2 Å². The van der Waals surface area contributed by atoms with Crippen LogP contribution in [-0.4, -0.2) is 31.5 Å².